The summed E-state index contributed by atoms with van der Waals surface area (Å²) < 4.78 is 11.0. The van der Waals surface area contributed by atoms with Crippen LogP contribution in [0.15, 0.2) is 42.5 Å². The number of hydrogen-bond acceptors (Lipinski definition) is 4. The summed E-state index contributed by atoms with van der Waals surface area (Å²) in [5, 5.41) is 7.57. The Morgan fingerprint density at radius 1 is 1.03 bits per heavy atom. The van der Waals surface area contributed by atoms with E-state index >= 15 is 0 Å². The van der Waals surface area contributed by atoms with Crippen LogP contribution in [0, 0.1) is 6.92 Å². The number of aromatic amines is 1. The number of nitrogens with one attached hydrogen (secondary N) is 1. The van der Waals surface area contributed by atoms with Crippen LogP contribution >= 0.6 is 0 Å². The Bertz CT molecular complexity index is 1070. The van der Waals surface area contributed by atoms with Crippen LogP contribution in [0.25, 0.3) is 11.3 Å². The van der Waals surface area contributed by atoms with Gasteiger partial charge in [0.25, 0.3) is 5.91 Å². The fourth-order valence-electron chi connectivity index (χ4n) is 4.26. The third-order valence-electron chi connectivity index (χ3n) is 5.91. The molecule has 6 nitrogen and oxygen atoms in total. The summed E-state index contributed by atoms with van der Waals surface area (Å²) in [7, 11) is 3.25. The number of benzene rings is 2. The lowest BCUT2D eigenvalue weighted by Crippen LogP contribution is -2.30. The number of unbranched alkanes of at least 4 members (excludes halogenated alkanes) is 2. The van der Waals surface area contributed by atoms with E-state index in [9.17, 15) is 4.79 Å². The summed E-state index contributed by atoms with van der Waals surface area (Å²) in [5.74, 6) is 1.31. The molecule has 4 rings (SSSR count). The maximum atomic E-state index is 13.3. The molecule has 1 aromatic heterocycles. The van der Waals surface area contributed by atoms with Gasteiger partial charge < -0.3 is 14.4 Å². The number of rotatable bonds is 8. The van der Waals surface area contributed by atoms with Crippen molar-refractivity contribution in [1.29, 1.82) is 0 Å². The van der Waals surface area contributed by atoms with Crippen molar-refractivity contribution >= 4 is 5.91 Å². The molecule has 0 radical (unpaired) electrons. The Kier molecular flexibility index (Phi) is 5.98. The molecule has 2 aromatic carbocycles. The van der Waals surface area contributed by atoms with Gasteiger partial charge in [0.1, 0.15) is 5.69 Å². The predicted molar refractivity (Wildman–Crippen MR) is 121 cm³/mol. The second kappa shape index (κ2) is 8.84. The summed E-state index contributed by atoms with van der Waals surface area (Å²) in [6.45, 7) is 4.92. The van der Waals surface area contributed by atoms with Crippen molar-refractivity contribution in [3.8, 4) is 22.8 Å². The van der Waals surface area contributed by atoms with E-state index in [1.807, 2.05) is 23.1 Å². The topological polar surface area (TPSA) is 67.5 Å². The fraction of sp³-hybridized carbons (Fsp3) is 0.360. The zero-order chi connectivity index (χ0) is 22.0. The van der Waals surface area contributed by atoms with Crippen LogP contribution in [0.2, 0.25) is 0 Å². The molecule has 1 N–H and O–H groups in total. The quantitative estimate of drug-likeness (QED) is 0.514. The highest BCUT2D eigenvalue weighted by molar-refractivity contribution is 6.00. The van der Waals surface area contributed by atoms with Crippen LogP contribution in [0.4, 0.5) is 0 Å². The minimum Gasteiger partial charge on any atom is -0.493 e. The standard InChI is InChI=1S/C25H29N3O3/c1-5-6-7-14-28-24(18-12-13-19(30-3)20(15-18)31-4)21-22(26-27-23(21)25(28)29)17-10-8-16(2)9-11-17/h8-13,15,24H,5-7,14H2,1-4H3,(H,26,27). The monoisotopic (exact) mass is 419 g/mol. The Labute approximate surface area is 183 Å². The van der Waals surface area contributed by atoms with E-state index in [-0.39, 0.29) is 11.9 Å². The minimum atomic E-state index is -0.228. The highest BCUT2D eigenvalue weighted by Crippen LogP contribution is 2.44. The normalized spacial score (nSPS) is 15.3. The largest absolute Gasteiger partial charge is 0.493 e. The summed E-state index contributed by atoms with van der Waals surface area (Å²) >= 11 is 0. The zero-order valence-electron chi connectivity index (χ0n) is 18.6. The first kappa shape index (κ1) is 21.0. The number of methoxy groups -OCH3 is 2. The van der Waals surface area contributed by atoms with E-state index in [4.69, 9.17) is 9.47 Å². The van der Waals surface area contributed by atoms with Crippen LogP contribution in [0.1, 0.15) is 59.4 Å². The van der Waals surface area contributed by atoms with Crippen molar-refractivity contribution in [2.45, 2.75) is 39.2 Å². The van der Waals surface area contributed by atoms with E-state index in [0.29, 0.717) is 23.7 Å². The molecule has 3 aromatic rings. The Hall–Kier alpha value is -3.28. The fourth-order valence-corrected chi connectivity index (χ4v) is 4.26. The molecule has 162 valence electrons. The van der Waals surface area contributed by atoms with E-state index < -0.39 is 0 Å². The van der Waals surface area contributed by atoms with Crippen molar-refractivity contribution in [2.75, 3.05) is 20.8 Å². The van der Waals surface area contributed by atoms with Crippen molar-refractivity contribution in [2.24, 2.45) is 0 Å². The molecular weight excluding hydrogens is 390 g/mol. The van der Waals surface area contributed by atoms with Crippen LogP contribution in [0.3, 0.4) is 0 Å². The SMILES string of the molecule is CCCCCN1C(=O)c2[nH]nc(-c3ccc(C)cc3)c2C1c1ccc(OC)c(OC)c1. The van der Waals surface area contributed by atoms with Gasteiger partial charge in [-0.05, 0) is 31.0 Å². The molecule has 1 unspecified atom stereocenters. The molecule has 0 saturated carbocycles. The van der Waals surface area contributed by atoms with Gasteiger partial charge in [-0.3, -0.25) is 9.89 Å². The molecule has 31 heavy (non-hydrogen) atoms. The van der Waals surface area contributed by atoms with Crippen LogP contribution in [-0.4, -0.2) is 41.8 Å². The van der Waals surface area contributed by atoms with Gasteiger partial charge in [0, 0.05) is 17.7 Å². The van der Waals surface area contributed by atoms with Crippen LogP contribution in [-0.2, 0) is 0 Å². The first-order valence-electron chi connectivity index (χ1n) is 10.8. The molecule has 1 amide bonds. The van der Waals surface area contributed by atoms with Crippen molar-refractivity contribution < 1.29 is 14.3 Å². The number of ether oxygens (including phenoxy) is 2. The number of nitrogens with zero attached hydrogens (tertiary/aromatic N) is 2. The van der Waals surface area contributed by atoms with Gasteiger partial charge in [0.2, 0.25) is 0 Å². The molecule has 2 heterocycles. The summed E-state index contributed by atoms with van der Waals surface area (Å²) in [6, 6.07) is 13.9. The smallest absolute Gasteiger partial charge is 0.273 e. The lowest BCUT2D eigenvalue weighted by atomic mass is 9.95. The lowest BCUT2D eigenvalue weighted by Gasteiger charge is -2.27. The molecule has 0 spiro atoms. The van der Waals surface area contributed by atoms with E-state index in [2.05, 4.69) is 48.3 Å². The Morgan fingerprint density at radius 3 is 2.45 bits per heavy atom. The highest BCUT2D eigenvalue weighted by Gasteiger charge is 2.42. The van der Waals surface area contributed by atoms with E-state index in [1.165, 1.54) is 5.56 Å². The number of carbonyl (C=O) groups excluding carboxylic acids is 1. The van der Waals surface area contributed by atoms with Gasteiger partial charge in [-0.25, -0.2) is 0 Å². The second-order valence-corrected chi connectivity index (χ2v) is 7.95. The number of aromatic nitrogens is 2. The maximum Gasteiger partial charge on any atom is 0.273 e. The van der Waals surface area contributed by atoms with Gasteiger partial charge in [0.05, 0.1) is 26.0 Å². The predicted octanol–water partition coefficient (Wildman–Crippen LogP) is 5.14. The molecule has 0 saturated heterocycles. The first-order chi connectivity index (χ1) is 15.1. The average molecular weight is 420 g/mol. The summed E-state index contributed by atoms with van der Waals surface area (Å²) in [5.41, 5.74) is 5.49. The van der Waals surface area contributed by atoms with Crippen LogP contribution in [0.5, 0.6) is 11.5 Å². The highest BCUT2D eigenvalue weighted by atomic mass is 16.5. The third kappa shape index (κ3) is 3.78. The molecule has 1 aliphatic rings. The third-order valence-corrected chi connectivity index (χ3v) is 5.91. The molecule has 1 atom stereocenters. The Morgan fingerprint density at radius 2 is 1.77 bits per heavy atom. The van der Waals surface area contributed by atoms with E-state index in [1.54, 1.807) is 14.2 Å². The number of hydrogen-bond donors (Lipinski definition) is 1. The summed E-state index contributed by atoms with van der Waals surface area (Å²) in [4.78, 5) is 15.3. The van der Waals surface area contributed by atoms with Gasteiger partial charge >= 0.3 is 0 Å². The molecular formula is C25H29N3O3. The number of amides is 1. The second-order valence-electron chi connectivity index (χ2n) is 7.95. The number of fused-ring (bicyclic) bond motifs is 1. The molecule has 0 fully saturated rings. The van der Waals surface area contributed by atoms with Gasteiger partial charge in [0.15, 0.2) is 11.5 Å². The van der Waals surface area contributed by atoms with Crippen molar-refractivity contribution in [3.05, 3.63) is 64.8 Å². The molecule has 0 aliphatic carbocycles. The molecule has 1 aliphatic heterocycles. The van der Waals surface area contributed by atoms with Crippen molar-refractivity contribution in [1.82, 2.24) is 15.1 Å². The van der Waals surface area contributed by atoms with Gasteiger partial charge in [-0.1, -0.05) is 55.7 Å². The minimum absolute atomic E-state index is 0.00301. The average Bonchev–Trinajstić information content (AvgIpc) is 3.33. The molecule has 0 bridgehead atoms. The van der Waals surface area contributed by atoms with Gasteiger partial charge in [-0.2, -0.15) is 5.10 Å². The first-order valence-corrected chi connectivity index (χ1v) is 10.8. The zero-order valence-corrected chi connectivity index (χ0v) is 18.6. The summed E-state index contributed by atoms with van der Waals surface area (Å²) in [6.07, 6.45) is 3.15. The molecule has 6 heteroatoms. The lowest BCUT2D eigenvalue weighted by molar-refractivity contribution is 0.0740. The maximum absolute atomic E-state index is 13.3. The van der Waals surface area contributed by atoms with Crippen LogP contribution < -0.4 is 9.47 Å². The number of H-pyrrole nitrogens is 1. The van der Waals surface area contributed by atoms with Gasteiger partial charge in [-0.15, -0.1) is 0 Å². The van der Waals surface area contributed by atoms with Crippen molar-refractivity contribution in [3.63, 3.8) is 0 Å². The number of carbonyl (C=O) groups is 1. The van der Waals surface area contributed by atoms with E-state index in [0.717, 1.165) is 41.6 Å². The Balaban J connectivity index is 1.83. The number of aryl methyl sites for hydroxylation is 1.